The molecule has 5 rings (SSSR count). The predicted molar refractivity (Wildman–Crippen MR) is 116 cm³/mol. The van der Waals surface area contributed by atoms with Crippen LogP contribution < -0.4 is 19.9 Å². The van der Waals surface area contributed by atoms with Gasteiger partial charge in [0, 0.05) is 38.3 Å². The average molecular weight is 409 g/mol. The normalized spacial score (nSPS) is 21.1. The van der Waals surface area contributed by atoms with Crippen molar-refractivity contribution in [3.05, 3.63) is 48.0 Å². The van der Waals surface area contributed by atoms with Gasteiger partial charge in [0.05, 0.1) is 37.8 Å². The molecule has 3 aliphatic heterocycles. The maximum absolute atomic E-state index is 13.0. The molecule has 0 saturated carbocycles. The number of anilines is 3. The van der Waals surface area contributed by atoms with Crippen LogP contribution in [-0.2, 0) is 20.7 Å². The monoisotopic (exact) mass is 409 g/mol. The molecule has 1 unspecified atom stereocenters. The Morgan fingerprint density at radius 1 is 0.900 bits per heavy atom. The van der Waals surface area contributed by atoms with E-state index in [-0.39, 0.29) is 5.91 Å². The first kappa shape index (κ1) is 19.2. The Balaban J connectivity index is 1.37. The number of amides is 1. The molecule has 3 aliphatic rings. The third-order valence-electron chi connectivity index (χ3n) is 5.91. The van der Waals surface area contributed by atoms with Crippen molar-refractivity contribution in [2.75, 3.05) is 67.7 Å². The van der Waals surface area contributed by atoms with E-state index in [0.717, 1.165) is 67.8 Å². The van der Waals surface area contributed by atoms with Crippen molar-refractivity contribution in [3.8, 4) is 5.75 Å². The third-order valence-corrected chi connectivity index (χ3v) is 5.91. The van der Waals surface area contributed by atoms with Crippen LogP contribution >= 0.6 is 0 Å². The smallest absolute Gasteiger partial charge is 0.265 e. The van der Waals surface area contributed by atoms with Crippen LogP contribution in [0, 0.1) is 0 Å². The molecule has 2 saturated heterocycles. The molecule has 3 heterocycles. The van der Waals surface area contributed by atoms with Gasteiger partial charge in [-0.3, -0.25) is 4.79 Å². The molecule has 0 aliphatic carbocycles. The summed E-state index contributed by atoms with van der Waals surface area (Å²) in [5.41, 5.74) is 4.08. The van der Waals surface area contributed by atoms with Crippen molar-refractivity contribution in [1.82, 2.24) is 0 Å². The van der Waals surface area contributed by atoms with E-state index in [1.807, 2.05) is 30.3 Å². The number of para-hydroxylation sites is 1. The van der Waals surface area contributed by atoms with E-state index in [0.29, 0.717) is 19.6 Å². The van der Waals surface area contributed by atoms with Gasteiger partial charge in [0.25, 0.3) is 5.91 Å². The molecule has 7 nitrogen and oxygen atoms in total. The van der Waals surface area contributed by atoms with E-state index in [1.165, 1.54) is 0 Å². The number of rotatable bonds is 4. The first-order valence-corrected chi connectivity index (χ1v) is 10.6. The van der Waals surface area contributed by atoms with Gasteiger partial charge in [0.15, 0.2) is 6.10 Å². The van der Waals surface area contributed by atoms with Gasteiger partial charge >= 0.3 is 0 Å². The zero-order chi connectivity index (χ0) is 20.3. The minimum absolute atomic E-state index is 0.111. The molecule has 30 heavy (non-hydrogen) atoms. The second-order valence-electron chi connectivity index (χ2n) is 7.81. The fourth-order valence-electron chi connectivity index (χ4n) is 4.25. The lowest BCUT2D eigenvalue weighted by Gasteiger charge is -2.33. The number of morpholine rings is 2. The van der Waals surface area contributed by atoms with Gasteiger partial charge < -0.3 is 29.3 Å². The van der Waals surface area contributed by atoms with E-state index in [9.17, 15) is 4.79 Å². The van der Waals surface area contributed by atoms with Crippen LogP contribution in [0.4, 0.5) is 17.1 Å². The van der Waals surface area contributed by atoms with Crippen LogP contribution in [-0.4, -0.2) is 64.6 Å². The Morgan fingerprint density at radius 2 is 1.60 bits per heavy atom. The van der Waals surface area contributed by atoms with Crippen molar-refractivity contribution in [2.45, 2.75) is 12.5 Å². The Morgan fingerprint density at radius 3 is 2.33 bits per heavy atom. The van der Waals surface area contributed by atoms with Gasteiger partial charge in [-0.15, -0.1) is 0 Å². The number of hydrogen-bond donors (Lipinski definition) is 1. The lowest BCUT2D eigenvalue weighted by molar-refractivity contribution is -0.122. The molecule has 1 N–H and O–H groups in total. The number of carbonyl (C=O) groups is 1. The molecule has 0 bridgehead atoms. The van der Waals surface area contributed by atoms with Crippen molar-refractivity contribution < 1.29 is 19.0 Å². The minimum atomic E-state index is -0.501. The highest BCUT2D eigenvalue weighted by atomic mass is 16.5. The molecule has 2 aromatic rings. The second kappa shape index (κ2) is 8.53. The van der Waals surface area contributed by atoms with E-state index in [1.54, 1.807) is 0 Å². The standard InChI is InChI=1S/C23H27N3O4/c27-23(22-15-17-3-1-2-4-21(17)30-22)24-19-6-5-18(25-7-11-28-12-8-25)16-20(19)26-9-13-29-14-10-26/h1-6,16,22H,7-15H2,(H,24,27). The Bertz CT molecular complexity index is 882. The number of nitrogens with one attached hydrogen (secondary N) is 1. The molecule has 1 atom stereocenters. The van der Waals surface area contributed by atoms with E-state index < -0.39 is 6.10 Å². The number of carbonyl (C=O) groups excluding carboxylic acids is 1. The van der Waals surface area contributed by atoms with Gasteiger partial charge in [-0.1, -0.05) is 18.2 Å². The highest BCUT2D eigenvalue weighted by Gasteiger charge is 2.30. The highest BCUT2D eigenvalue weighted by molar-refractivity contribution is 5.98. The van der Waals surface area contributed by atoms with Crippen molar-refractivity contribution in [2.24, 2.45) is 0 Å². The first-order valence-electron chi connectivity index (χ1n) is 10.6. The lowest BCUT2D eigenvalue weighted by Crippen LogP contribution is -2.39. The van der Waals surface area contributed by atoms with Gasteiger partial charge in [-0.25, -0.2) is 0 Å². The van der Waals surface area contributed by atoms with E-state index in [4.69, 9.17) is 14.2 Å². The van der Waals surface area contributed by atoms with Crippen LogP contribution in [0.15, 0.2) is 42.5 Å². The topological polar surface area (TPSA) is 63.3 Å². The first-order chi connectivity index (χ1) is 14.8. The predicted octanol–water partition coefficient (Wildman–Crippen LogP) is 2.30. The van der Waals surface area contributed by atoms with Crippen LogP contribution in [0.25, 0.3) is 0 Å². The second-order valence-corrected chi connectivity index (χ2v) is 7.81. The van der Waals surface area contributed by atoms with Gasteiger partial charge in [0.1, 0.15) is 5.75 Å². The summed E-state index contributed by atoms with van der Waals surface area (Å²) in [5.74, 6) is 0.688. The Hall–Kier alpha value is -2.77. The Labute approximate surface area is 176 Å². The summed E-state index contributed by atoms with van der Waals surface area (Å²) in [4.78, 5) is 17.6. The van der Waals surface area contributed by atoms with Crippen LogP contribution in [0.3, 0.4) is 0 Å². The SMILES string of the molecule is O=C(Nc1ccc(N2CCOCC2)cc1N1CCOCC1)C1Cc2ccccc2O1. The molecule has 7 heteroatoms. The maximum atomic E-state index is 13.0. The maximum Gasteiger partial charge on any atom is 0.265 e. The zero-order valence-electron chi connectivity index (χ0n) is 17.0. The summed E-state index contributed by atoms with van der Waals surface area (Å²) in [6.45, 7) is 6.23. The molecule has 158 valence electrons. The minimum Gasteiger partial charge on any atom is -0.480 e. The summed E-state index contributed by atoms with van der Waals surface area (Å²) in [6.07, 6.45) is 0.0969. The summed E-state index contributed by atoms with van der Waals surface area (Å²) in [5, 5.41) is 3.13. The lowest BCUT2D eigenvalue weighted by atomic mass is 10.1. The highest BCUT2D eigenvalue weighted by Crippen LogP contribution is 2.34. The molecule has 0 aromatic heterocycles. The van der Waals surface area contributed by atoms with E-state index >= 15 is 0 Å². The number of hydrogen-bond acceptors (Lipinski definition) is 6. The number of benzene rings is 2. The number of fused-ring (bicyclic) bond motifs is 1. The zero-order valence-corrected chi connectivity index (χ0v) is 17.0. The average Bonchev–Trinajstić information content (AvgIpc) is 3.25. The molecular formula is C23H27N3O4. The number of nitrogens with zero attached hydrogens (tertiary/aromatic N) is 2. The molecule has 0 spiro atoms. The van der Waals surface area contributed by atoms with Crippen LogP contribution in [0.5, 0.6) is 5.75 Å². The molecule has 2 fully saturated rings. The van der Waals surface area contributed by atoms with Crippen molar-refractivity contribution >= 4 is 23.0 Å². The fraction of sp³-hybridized carbons (Fsp3) is 0.435. The van der Waals surface area contributed by atoms with Gasteiger partial charge in [0.2, 0.25) is 0 Å². The summed E-state index contributed by atoms with van der Waals surface area (Å²) >= 11 is 0. The van der Waals surface area contributed by atoms with Crippen LogP contribution in [0.2, 0.25) is 0 Å². The molecule has 0 radical (unpaired) electrons. The van der Waals surface area contributed by atoms with Gasteiger partial charge in [-0.2, -0.15) is 0 Å². The van der Waals surface area contributed by atoms with Gasteiger partial charge in [-0.05, 0) is 29.8 Å². The van der Waals surface area contributed by atoms with E-state index in [2.05, 4.69) is 27.2 Å². The number of ether oxygens (including phenoxy) is 3. The summed E-state index contributed by atoms with van der Waals surface area (Å²) < 4.78 is 16.9. The molecular weight excluding hydrogens is 382 g/mol. The fourth-order valence-corrected chi connectivity index (χ4v) is 4.25. The molecule has 2 aromatic carbocycles. The quantitative estimate of drug-likeness (QED) is 0.836. The summed E-state index contributed by atoms with van der Waals surface area (Å²) in [7, 11) is 0. The van der Waals surface area contributed by atoms with Crippen molar-refractivity contribution in [3.63, 3.8) is 0 Å². The third kappa shape index (κ3) is 3.95. The Kier molecular flexibility index (Phi) is 5.46. The van der Waals surface area contributed by atoms with Crippen LogP contribution in [0.1, 0.15) is 5.56 Å². The summed E-state index contributed by atoms with van der Waals surface area (Å²) in [6, 6.07) is 14.1. The largest absolute Gasteiger partial charge is 0.480 e. The van der Waals surface area contributed by atoms with Crippen molar-refractivity contribution in [1.29, 1.82) is 0 Å². The molecule has 1 amide bonds.